The average molecular weight is 429 g/mol. The zero-order valence-electron chi connectivity index (χ0n) is 17.4. The molecule has 1 aromatic carbocycles. The zero-order valence-corrected chi connectivity index (χ0v) is 17.4. The molecule has 0 saturated carbocycles. The first-order valence-electron chi connectivity index (χ1n) is 10.5. The maximum absolute atomic E-state index is 12.5. The van der Waals surface area contributed by atoms with Crippen molar-refractivity contribution in [3.63, 3.8) is 0 Å². The van der Waals surface area contributed by atoms with Gasteiger partial charge in [-0.25, -0.2) is 9.97 Å². The van der Waals surface area contributed by atoms with Crippen molar-refractivity contribution in [2.75, 3.05) is 41.8 Å². The molecule has 4 aromatic rings. The van der Waals surface area contributed by atoms with Gasteiger partial charge in [-0.2, -0.15) is 0 Å². The first-order valence-corrected chi connectivity index (χ1v) is 10.5. The van der Waals surface area contributed by atoms with E-state index in [2.05, 4.69) is 47.6 Å². The van der Waals surface area contributed by atoms with E-state index in [0.29, 0.717) is 29.1 Å². The van der Waals surface area contributed by atoms with E-state index in [0.717, 1.165) is 43.2 Å². The molecular formula is C23H23N7O2. The fourth-order valence-corrected chi connectivity index (χ4v) is 3.68. The molecule has 5 rings (SSSR count). The molecule has 0 aliphatic carbocycles. The molecule has 0 atom stereocenters. The van der Waals surface area contributed by atoms with Crippen molar-refractivity contribution < 1.29 is 4.74 Å². The molecule has 9 nitrogen and oxygen atoms in total. The summed E-state index contributed by atoms with van der Waals surface area (Å²) in [7, 11) is 0. The lowest BCUT2D eigenvalue weighted by Crippen LogP contribution is -2.36. The molecule has 0 unspecified atom stereocenters. The van der Waals surface area contributed by atoms with Crippen molar-refractivity contribution in [3.05, 3.63) is 77.1 Å². The zero-order chi connectivity index (χ0) is 21.8. The predicted molar refractivity (Wildman–Crippen MR) is 124 cm³/mol. The number of nitrogens with zero attached hydrogens (tertiary/aromatic N) is 4. The first-order chi connectivity index (χ1) is 15.8. The molecule has 0 spiro atoms. The molecule has 32 heavy (non-hydrogen) atoms. The Hall–Kier alpha value is -3.98. The van der Waals surface area contributed by atoms with E-state index < -0.39 is 0 Å². The predicted octanol–water partition coefficient (Wildman–Crippen LogP) is 2.91. The maximum Gasteiger partial charge on any atom is 0.262 e. The third-order valence-corrected chi connectivity index (χ3v) is 5.33. The Morgan fingerprint density at radius 1 is 1.12 bits per heavy atom. The highest BCUT2D eigenvalue weighted by molar-refractivity contribution is 5.92. The number of aromatic amines is 1. The Morgan fingerprint density at radius 2 is 1.97 bits per heavy atom. The van der Waals surface area contributed by atoms with E-state index in [4.69, 9.17) is 4.74 Å². The minimum absolute atomic E-state index is 0.242. The van der Waals surface area contributed by atoms with Crippen molar-refractivity contribution in [3.8, 4) is 0 Å². The molecule has 0 bridgehead atoms. The monoisotopic (exact) mass is 429 g/mol. The normalized spacial score (nSPS) is 13.8. The summed E-state index contributed by atoms with van der Waals surface area (Å²) >= 11 is 0. The molecule has 3 aromatic heterocycles. The Balaban J connectivity index is 1.42. The van der Waals surface area contributed by atoms with Gasteiger partial charge in [0.05, 0.1) is 25.1 Å². The van der Waals surface area contributed by atoms with Crippen LogP contribution in [0.2, 0.25) is 0 Å². The van der Waals surface area contributed by atoms with E-state index >= 15 is 0 Å². The van der Waals surface area contributed by atoms with Crippen LogP contribution in [0, 0.1) is 0 Å². The lowest BCUT2D eigenvalue weighted by Gasteiger charge is -2.28. The number of fused-ring (bicyclic) bond motifs is 1. The minimum atomic E-state index is -0.242. The van der Waals surface area contributed by atoms with Gasteiger partial charge in [-0.15, -0.1) is 0 Å². The molecule has 0 radical (unpaired) electrons. The number of ether oxygens (including phenoxy) is 1. The summed E-state index contributed by atoms with van der Waals surface area (Å²) in [6, 6.07) is 13.7. The summed E-state index contributed by atoms with van der Waals surface area (Å²) in [5.41, 5.74) is 3.33. The van der Waals surface area contributed by atoms with Gasteiger partial charge in [0.25, 0.3) is 5.56 Å². The number of pyridine rings is 2. The molecule has 4 heterocycles. The number of anilines is 4. The van der Waals surface area contributed by atoms with Crippen LogP contribution in [-0.2, 0) is 11.3 Å². The van der Waals surface area contributed by atoms with Gasteiger partial charge in [-0.1, -0.05) is 6.07 Å². The van der Waals surface area contributed by atoms with E-state index in [-0.39, 0.29) is 5.56 Å². The number of H-pyrrole nitrogens is 1. The molecule has 9 heteroatoms. The quantitative estimate of drug-likeness (QED) is 0.429. The van der Waals surface area contributed by atoms with Crippen molar-refractivity contribution >= 4 is 33.9 Å². The van der Waals surface area contributed by atoms with Crippen molar-refractivity contribution in [1.29, 1.82) is 0 Å². The first kappa shape index (κ1) is 20.0. The fraction of sp³-hybridized carbons (Fsp3) is 0.217. The second kappa shape index (κ2) is 9.03. The number of rotatable bonds is 6. The van der Waals surface area contributed by atoms with Gasteiger partial charge in [0.1, 0.15) is 17.0 Å². The molecular weight excluding hydrogens is 406 g/mol. The van der Waals surface area contributed by atoms with Crippen molar-refractivity contribution in [2.24, 2.45) is 0 Å². The van der Waals surface area contributed by atoms with Crippen LogP contribution in [0.1, 0.15) is 5.56 Å². The minimum Gasteiger partial charge on any atom is -0.378 e. The number of nitrogens with one attached hydrogen (secondary N) is 3. The van der Waals surface area contributed by atoms with E-state index in [1.54, 1.807) is 18.5 Å². The van der Waals surface area contributed by atoms with Crippen molar-refractivity contribution in [2.45, 2.75) is 6.54 Å². The lowest BCUT2D eigenvalue weighted by molar-refractivity contribution is 0.122. The largest absolute Gasteiger partial charge is 0.378 e. The van der Waals surface area contributed by atoms with Crippen LogP contribution in [0.5, 0.6) is 0 Å². The van der Waals surface area contributed by atoms with Gasteiger partial charge in [0.15, 0.2) is 0 Å². The molecule has 162 valence electrons. The van der Waals surface area contributed by atoms with Gasteiger partial charge in [-0.3, -0.25) is 9.78 Å². The van der Waals surface area contributed by atoms with Gasteiger partial charge >= 0.3 is 0 Å². The molecule has 3 N–H and O–H groups in total. The third kappa shape index (κ3) is 4.37. The molecule has 0 amide bonds. The summed E-state index contributed by atoms with van der Waals surface area (Å²) in [6.07, 6.45) is 4.93. The van der Waals surface area contributed by atoms with Crippen LogP contribution in [-0.4, -0.2) is 46.2 Å². The summed E-state index contributed by atoms with van der Waals surface area (Å²) in [6.45, 7) is 3.80. The average Bonchev–Trinajstić information content (AvgIpc) is 2.84. The number of morpholine rings is 1. The second-order valence-corrected chi connectivity index (χ2v) is 7.47. The Kier molecular flexibility index (Phi) is 5.63. The molecule has 1 fully saturated rings. The van der Waals surface area contributed by atoms with Crippen LogP contribution in [0.4, 0.5) is 23.0 Å². The van der Waals surface area contributed by atoms with Gasteiger partial charge in [-0.05, 0) is 35.9 Å². The standard InChI is InChI=1S/C23H23N7O2/c31-23-21-19(26-15-27-23)12-20(25-14-16-2-1-7-24-13-16)29-22(21)28-17-3-5-18(6-4-17)30-8-10-32-11-9-30/h1-7,12-13,15H,8-11,14H2,(H2,25,28,29)(H,26,27,31). The van der Waals surface area contributed by atoms with Gasteiger partial charge < -0.3 is 25.3 Å². The van der Waals surface area contributed by atoms with Crippen molar-refractivity contribution in [1.82, 2.24) is 19.9 Å². The van der Waals surface area contributed by atoms with Gasteiger partial charge in [0.2, 0.25) is 0 Å². The Morgan fingerprint density at radius 3 is 2.75 bits per heavy atom. The van der Waals surface area contributed by atoms with E-state index in [9.17, 15) is 4.79 Å². The smallest absolute Gasteiger partial charge is 0.262 e. The van der Waals surface area contributed by atoms with E-state index in [1.807, 2.05) is 24.3 Å². The summed E-state index contributed by atoms with van der Waals surface area (Å²) in [4.78, 5) is 30.6. The molecule has 1 aliphatic heterocycles. The van der Waals surface area contributed by atoms with Crippen LogP contribution >= 0.6 is 0 Å². The van der Waals surface area contributed by atoms with Crippen LogP contribution in [0.3, 0.4) is 0 Å². The highest BCUT2D eigenvalue weighted by atomic mass is 16.5. The topological polar surface area (TPSA) is 108 Å². The van der Waals surface area contributed by atoms with Crippen LogP contribution in [0.25, 0.3) is 10.9 Å². The Labute approximate surface area is 184 Å². The number of hydrogen-bond acceptors (Lipinski definition) is 8. The van der Waals surface area contributed by atoms with E-state index in [1.165, 1.54) is 6.33 Å². The Bertz CT molecular complexity index is 1250. The molecule has 1 saturated heterocycles. The molecule has 1 aliphatic rings. The SMILES string of the molecule is O=c1[nH]cnc2cc(NCc3cccnc3)nc(Nc3ccc(N4CCOCC4)cc3)c12. The number of aromatic nitrogens is 4. The number of benzene rings is 1. The summed E-state index contributed by atoms with van der Waals surface area (Å²) < 4.78 is 5.43. The lowest BCUT2D eigenvalue weighted by atomic mass is 10.2. The van der Waals surface area contributed by atoms with Crippen LogP contribution < -0.4 is 21.1 Å². The van der Waals surface area contributed by atoms with Crippen LogP contribution in [0.15, 0.2) is 66.0 Å². The third-order valence-electron chi connectivity index (χ3n) is 5.33. The fourth-order valence-electron chi connectivity index (χ4n) is 3.68. The summed E-state index contributed by atoms with van der Waals surface area (Å²) in [5.74, 6) is 1.07. The van der Waals surface area contributed by atoms with Gasteiger partial charge in [0, 0.05) is 49.5 Å². The maximum atomic E-state index is 12.5. The number of hydrogen-bond donors (Lipinski definition) is 3. The second-order valence-electron chi connectivity index (χ2n) is 7.47. The highest BCUT2D eigenvalue weighted by Crippen LogP contribution is 2.26. The highest BCUT2D eigenvalue weighted by Gasteiger charge is 2.13. The summed E-state index contributed by atoms with van der Waals surface area (Å²) in [5, 5.41) is 6.99.